The fraction of sp³-hybridized carbons (Fsp3) is 0.800. The molecule has 1 aliphatic rings. The molecule has 0 atom stereocenters. The summed E-state index contributed by atoms with van der Waals surface area (Å²) in [5.41, 5.74) is 0.574. The van der Waals surface area contributed by atoms with Crippen molar-refractivity contribution in [2.75, 3.05) is 0 Å². The largest absolute Gasteiger partial charge is 0.0854 e. The van der Waals surface area contributed by atoms with Crippen molar-refractivity contribution >= 4 is 0 Å². The summed E-state index contributed by atoms with van der Waals surface area (Å²) in [6.45, 7) is 6.83. The molecule has 1 aliphatic carbocycles. The van der Waals surface area contributed by atoms with E-state index in [0.717, 1.165) is 5.92 Å². The Morgan fingerprint density at radius 2 is 1.90 bits per heavy atom. The molecule has 58 valence electrons. The third-order valence-electron chi connectivity index (χ3n) is 2.38. The number of rotatable bonds is 2. The van der Waals surface area contributed by atoms with E-state index in [1.54, 1.807) is 0 Å². The molecule has 0 radical (unpaired) electrons. The fourth-order valence-electron chi connectivity index (χ4n) is 1.33. The molecule has 0 heteroatoms. The number of hydrogen-bond donors (Lipinski definition) is 0. The first-order valence-corrected chi connectivity index (χ1v) is 4.32. The lowest BCUT2D eigenvalue weighted by molar-refractivity contribution is 0.233. The van der Waals surface area contributed by atoms with Gasteiger partial charge in [-0.15, -0.1) is 0 Å². The Labute approximate surface area is 64.3 Å². The van der Waals surface area contributed by atoms with E-state index < -0.39 is 0 Å². The Bertz CT molecular complexity index is 127. The van der Waals surface area contributed by atoms with Crippen LogP contribution in [0.3, 0.4) is 0 Å². The van der Waals surface area contributed by atoms with E-state index in [4.69, 9.17) is 0 Å². The van der Waals surface area contributed by atoms with Crippen molar-refractivity contribution in [1.29, 1.82) is 0 Å². The summed E-state index contributed by atoms with van der Waals surface area (Å²) in [6, 6.07) is 0. The van der Waals surface area contributed by atoms with E-state index in [2.05, 4.69) is 32.9 Å². The van der Waals surface area contributed by atoms with Gasteiger partial charge in [-0.05, 0) is 24.2 Å². The standard InChI is InChI=1S/C10H18/c1-9(2)5-8-10(3)6-4-7-10/h5,8-9H,4,6-7H2,1-3H3/b8-5+. The Hall–Kier alpha value is -0.260. The summed E-state index contributed by atoms with van der Waals surface area (Å²) in [5.74, 6) is 0.720. The normalized spacial score (nSPS) is 23.6. The summed E-state index contributed by atoms with van der Waals surface area (Å²) in [7, 11) is 0. The first kappa shape index (κ1) is 7.84. The van der Waals surface area contributed by atoms with Gasteiger partial charge in [-0.1, -0.05) is 39.3 Å². The summed E-state index contributed by atoms with van der Waals surface area (Å²) >= 11 is 0. The zero-order valence-electron chi connectivity index (χ0n) is 7.35. The third kappa shape index (κ3) is 1.86. The topological polar surface area (TPSA) is 0 Å². The van der Waals surface area contributed by atoms with E-state index >= 15 is 0 Å². The van der Waals surface area contributed by atoms with Crippen LogP contribution in [0.1, 0.15) is 40.0 Å². The molecule has 0 aromatic rings. The highest BCUT2D eigenvalue weighted by atomic mass is 14.3. The van der Waals surface area contributed by atoms with Crippen molar-refractivity contribution in [3.63, 3.8) is 0 Å². The van der Waals surface area contributed by atoms with Crippen molar-refractivity contribution < 1.29 is 0 Å². The van der Waals surface area contributed by atoms with Crippen molar-refractivity contribution in [2.24, 2.45) is 11.3 Å². The average Bonchev–Trinajstić information content (AvgIpc) is 1.79. The number of hydrogen-bond acceptors (Lipinski definition) is 0. The van der Waals surface area contributed by atoms with Crippen LogP contribution in [0.25, 0.3) is 0 Å². The van der Waals surface area contributed by atoms with Gasteiger partial charge in [0.05, 0.1) is 0 Å². The van der Waals surface area contributed by atoms with Gasteiger partial charge < -0.3 is 0 Å². The molecule has 0 amide bonds. The molecule has 0 aliphatic heterocycles. The minimum Gasteiger partial charge on any atom is -0.0854 e. The van der Waals surface area contributed by atoms with Crippen LogP contribution in [-0.4, -0.2) is 0 Å². The molecule has 1 saturated carbocycles. The second-order valence-corrected chi connectivity index (χ2v) is 4.11. The molecule has 0 aromatic heterocycles. The van der Waals surface area contributed by atoms with Gasteiger partial charge >= 0.3 is 0 Å². The first-order chi connectivity index (χ1) is 4.62. The highest BCUT2D eigenvalue weighted by Crippen LogP contribution is 2.41. The minimum atomic E-state index is 0.574. The van der Waals surface area contributed by atoms with Crippen LogP contribution in [0.2, 0.25) is 0 Å². The molecule has 0 spiro atoms. The maximum atomic E-state index is 2.40. The van der Waals surface area contributed by atoms with Gasteiger partial charge in [-0.2, -0.15) is 0 Å². The lowest BCUT2D eigenvalue weighted by Crippen LogP contribution is -2.22. The molecular formula is C10H18. The zero-order valence-corrected chi connectivity index (χ0v) is 7.35. The van der Waals surface area contributed by atoms with Crippen LogP contribution < -0.4 is 0 Å². The predicted octanol–water partition coefficient (Wildman–Crippen LogP) is 3.39. The molecule has 1 fully saturated rings. The summed E-state index contributed by atoms with van der Waals surface area (Å²) in [5, 5.41) is 0. The molecule has 0 aromatic carbocycles. The molecule has 0 nitrogen and oxygen atoms in total. The summed E-state index contributed by atoms with van der Waals surface area (Å²) in [6.07, 6.45) is 8.96. The van der Waals surface area contributed by atoms with Gasteiger partial charge in [0.15, 0.2) is 0 Å². The lowest BCUT2D eigenvalue weighted by Gasteiger charge is -2.35. The molecule has 0 N–H and O–H groups in total. The van der Waals surface area contributed by atoms with Crippen LogP contribution >= 0.6 is 0 Å². The van der Waals surface area contributed by atoms with Crippen molar-refractivity contribution in [1.82, 2.24) is 0 Å². The summed E-state index contributed by atoms with van der Waals surface area (Å²) in [4.78, 5) is 0. The third-order valence-corrected chi connectivity index (χ3v) is 2.38. The van der Waals surface area contributed by atoms with Crippen LogP contribution in [0.4, 0.5) is 0 Å². The predicted molar refractivity (Wildman–Crippen MR) is 45.9 cm³/mol. The monoisotopic (exact) mass is 138 g/mol. The molecule has 1 rings (SSSR count). The second-order valence-electron chi connectivity index (χ2n) is 4.11. The summed E-state index contributed by atoms with van der Waals surface area (Å²) < 4.78 is 0. The van der Waals surface area contributed by atoms with Crippen LogP contribution in [0.5, 0.6) is 0 Å². The molecule has 10 heavy (non-hydrogen) atoms. The van der Waals surface area contributed by atoms with Gasteiger partial charge in [-0.3, -0.25) is 0 Å². The quantitative estimate of drug-likeness (QED) is 0.513. The lowest BCUT2D eigenvalue weighted by atomic mass is 9.70. The average molecular weight is 138 g/mol. The first-order valence-electron chi connectivity index (χ1n) is 4.32. The molecule has 0 saturated heterocycles. The van der Waals surface area contributed by atoms with Crippen LogP contribution in [0, 0.1) is 11.3 Å². The van der Waals surface area contributed by atoms with Gasteiger partial charge in [0.1, 0.15) is 0 Å². The van der Waals surface area contributed by atoms with Gasteiger partial charge in [0, 0.05) is 0 Å². The Kier molecular flexibility index (Phi) is 2.18. The Morgan fingerprint density at radius 1 is 1.30 bits per heavy atom. The Balaban J connectivity index is 2.36. The van der Waals surface area contributed by atoms with E-state index in [1.807, 2.05) is 0 Å². The van der Waals surface area contributed by atoms with E-state index in [9.17, 15) is 0 Å². The van der Waals surface area contributed by atoms with E-state index in [0.29, 0.717) is 5.41 Å². The van der Waals surface area contributed by atoms with Crippen LogP contribution in [0.15, 0.2) is 12.2 Å². The highest BCUT2D eigenvalue weighted by Gasteiger charge is 2.28. The van der Waals surface area contributed by atoms with Gasteiger partial charge in [-0.25, -0.2) is 0 Å². The SMILES string of the molecule is CC(C)/C=C/C1(C)CCC1. The van der Waals surface area contributed by atoms with Crippen molar-refractivity contribution in [2.45, 2.75) is 40.0 Å². The van der Waals surface area contributed by atoms with E-state index in [-0.39, 0.29) is 0 Å². The maximum Gasteiger partial charge on any atom is -0.0146 e. The van der Waals surface area contributed by atoms with Crippen molar-refractivity contribution in [3.05, 3.63) is 12.2 Å². The van der Waals surface area contributed by atoms with Crippen LogP contribution in [-0.2, 0) is 0 Å². The molecule has 0 unspecified atom stereocenters. The Morgan fingerprint density at radius 3 is 2.20 bits per heavy atom. The molecule has 0 bridgehead atoms. The number of allylic oxidation sites excluding steroid dienone is 2. The van der Waals surface area contributed by atoms with Gasteiger partial charge in [0.2, 0.25) is 0 Å². The van der Waals surface area contributed by atoms with Crippen molar-refractivity contribution in [3.8, 4) is 0 Å². The maximum absolute atomic E-state index is 2.40. The fourth-order valence-corrected chi connectivity index (χ4v) is 1.33. The molecular weight excluding hydrogens is 120 g/mol. The second kappa shape index (κ2) is 2.77. The van der Waals surface area contributed by atoms with Gasteiger partial charge in [0.25, 0.3) is 0 Å². The highest BCUT2D eigenvalue weighted by molar-refractivity contribution is 5.02. The molecule has 0 heterocycles. The van der Waals surface area contributed by atoms with E-state index in [1.165, 1.54) is 19.3 Å². The zero-order chi connectivity index (χ0) is 7.61. The smallest absolute Gasteiger partial charge is 0.0146 e. The minimum absolute atomic E-state index is 0.574.